The van der Waals surface area contributed by atoms with Crippen LogP contribution in [0.15, 0.2) is 16.3 Å². The molecule has 0 fully saturated rings. The molecule has 0 amide bonds. The van der Waals surface area contributed by atoms with E-state index in [-0.39, 0.29) is 0 Å². The van der Waals surface area contributed by atoms with Gasteiger partial charge in [0.25, 0.3) is 10.0 Å². The lowest BCUT2D eigenvalue weighted by Crippen LogP contribution is -2.26. The molecule has 86 valence electrons. The zero-order valence-electron chi connectivity index (χ0n) is 8.93. The van der Waals surface area contributed by atoms with Crippen molar-refractivity contribution in [2.24, 2.45) is 5.73 Å². The first-order chi connectivity index (χ1) is 7.02. The molecule has 0 aromatic carbocycles. The predicted molar refractivity (Wildman–Crippen MR) is 62.3 cm³/mol. The lowest BCUT2D eigenvalue weighted by atomic mass is 10.5. The maximum atomic E-state index is 11.9. The fourth-order valence-electron chi connectivity index (χ4n) is 1.20. The molecule has 1 aromatic rings. The molecule has 1 rings (SSSR count). The van der Waals surface area contributed by atoms with Gasteiger partial charge in [0.1, 0.15) is 4.21 Å². The van der Waals surface area contributed by atoms with Crippen LogP contribution in [0, 0.1) is 0 Å². The summed E-state index contributed by atoms with van der Waals surface area (Å²) in [6.07, 6.45) is 0.810. The van der Waals surface area contributed by atoms with Gasteiger partial charge >= 0.3 is 0 Å². The average molecular weight is 248 g/mol. The van der Waals surface area contributed by atoms with E-state index < -0.39 is 10.0 Å². The van der Waals surface area contributed by atoms with E-state index in [2.05, 4.69) is 0 Å². The summed E-state index contributed by atoms with van der Waals surface area (Å²) in [6.45, 7) is 2.88. The summed E-state index contributed by atoms with van der Waals surface area (Å²) < 4.78 is 25.6. The Hall–Kier alpha value is -0.430. The third-order valence-electron chi connectivity index (χ3n) is 2.04. The van der Waals surface area contributed by atoms with Crippen molar-refractivity contribution in [2.75, 3.05) is 13.6 Å². The highest BCUT2D eigenvalue weighted by atomic mass is 32.2. The standard InChI is InChI=1S/C9H16N2O2S2/c1-3-6-11(2)15(12,13)9-5-4-8(7-10)14-9/h4-5H,3,6-7,10H2,1-2H3. The molecule has 0 saturated carbocycles. The first-order valence-electron chi connectivity index (χ1n) is 4.77. The topological polar surface area (TPSA) is 63.4 Å². The zero-order chi connectivity index (χ0) is 11.5. The highest BCUT2D eigenvalue weighted by molar-refractivity contribution is 7.91. The smallest absolute Gasteiger partial charge is 0.252 e. The molecule has 6 heteroatoms. The summed E-state index contributed by atoms with van der Waals surface area (Å²) in [7, 11) is -1.70. The molecule has 0 aliphatic carbocycles. The van der Waals surface area contributed by atoms with Crippen LogP contribution >= 0.6 is 11.3 Å². The van der Waals surface area contributed by atoms with E-state index in [9.17, 15) is 8.42 Å². The molecule has 0 bridgehead atoms. The predicted octanol–water partition coefficient (Wildman–Crippen LogP) is 1.24. The van der Waals surface area contributed by atoms with E-state index in [0.717, 1.165) is 11.3 Å². The number of thiophene rings is 1. The minimum atomic E-state index is -3.29. The van der Waals surface area contributed by atoms with Crippen molar-refractivity contribution in [1.82, 2.24) is 4.31 Å². The summed E-state index contributed by atoms with van der Waals surface area (Å²) in [5.41, 5.74) is 5.44. The third kappa shape index (κ3) is 2.78. The van der Waals surface area contributed by atoms with E-state index in [0.29, 0.717) is 17.3 Å². The molecule has 4 nitrogen and oxygen atoms in total. The maximum Gasteiger partial charge on any atom is 0.252 e. The number of hydrogen-bond acceptors (Lipinski definition) is 4. The molecule has 0 unspecified atom stereocenters. The lowest BCUT2D eigenvalue weighted by Gasteiger charge is -2.14. The van der Waals surface area contributed by atoms with E-state index in [1.807, 2.05) is 6.92 Å². The minimum Gasteiger partial charge on any atom is -0.326 e. The van der Waals surface area contributed by atoms with Crippen molar-refractivity contribution in [3.8, 4) is 0 Å². The van der Waals surface area contributed by atoms with Gasteiger partial charge in [-0.2, -0.15) is 0 Å². The second-order valence-electron chi connectivity index (χ2n) is 3.25. The van der Waals surface area contributed by atoms with Gasteiger partial charge in [-0.25, -0.2) is 12.7 Å². The fraction of sp³-hybridized carbons (Fsp3) is 0.556. The highest BCUT2D eigenvalue weighted by Crippen LogP contribution is 2.23. The molecule has 0 atom stereocenters. The van der Waals surface area contributed by atoms with Crippen LogP contribution in [-0.2, 0) is 16.6 Å². The van der Waals surface area contributed by atoms with Gasteiger partial charge in [0.15, 0.2) is 0 Å². The van der Waals surface area contributed by atoms with Crippen molar-refractivity contribution in [3.63, 3.8) is 0 Å². The quantitative estimate of drug-likeness (QED) is 0.852. The zero-order valence-corrected chi connectivity index (χ0v) is 10.6. The van der Waals surface area contributed by atoms with E-state index in [1.54, 1.807) is 19.2 Å². The Morgan fingerprint density at radius 3 is 2.60 bits per heavy atom. The molecule has 1 heterocycles. The van der Waals surface area contributed by atoms with Gasteiger partial charge in [0.2, 0.25) is 0 Å². The first kappa shape index (κ1) is 12.6. The third-order valence-corrected chi connectivity index (χ3v) is 5.47. The molecule has 0 radical (unpaired) electrons. The van der Waals surface area contributed by atoms with Gasteiger partial charge in [0.05, 0.1) is 0 Å². The van der Waals surface area contributed by atoms with Crippen LogP contribution in [0.4, 0.5) is 0 Å². The Morgan fingerprint density at radius 1 is 1.47 bits per heavy atom. The van der Waals surface area contributed by atoms with Crippen LogP contribution < -0.4 is 5.73 Å². The Kier molecular flexibility index (Phi) is 4.27. The van der Waals surface area contributed by atoms with Gasteiger partial charge in [0, 0.05) is 25.0 Å². The summed E-state index contributed by atoms with van der Waals surface area (Å²) in [4.78, 5) is 0.887. The van der Waals surface area contributed by atoms with Crippen LogP contribution in [0.5, 0.6) is 0 Å². The monoisotopic (exact) mass is 248 g/mol. The fourth-order valence-corrected chi connectivity index (χ4v) is 3.90. The Morgan fingerprint density at radius 2 is 2.13 bits per heavy atom. The Labute approximate surface area is 94.8 Å². The lowest BCUT2D eigenvalue weighted by molar-refractivity contribution is 0.470. The second-order valence-corrected chi connectivity index (χ2v) is 6.69. The number of nitrogens with two attached hydrogens (primary N) is 1. The van der Waals surface area contributed by atoms with Crippen molar-refractivity contribution in [2.45, 2.75) is 24.1 Å². The summed E-state index contributed by atoms with van der Waals surface area (Å²) in [5.74, 6) is 0. The van der Waals surface area contributed by atoms with Crippen molar-refractivity contribution in [1.29, 1.82) is 0 Å². The molecular formula is C9H16N2O2S2. The molecule has 2 N–H and O–H groups in total. The van der Waals surface area contributed by atoms with E-state index in [4.69, 9.17) is 5.73 Å². The van der Waals surface area contributed by atoms with Gasteiger partial charge in [-0.3, -0.25) is 0 Å². The molecule has 1 aromatic heterocycles. The van der Waals surface area contributed by atoms with E-state index in [1.165, 1.54) is 15.6 Å². The van der Waals surface area contributed by atoms with Crippen LogP contribution in [-0.4, -0.2) is 26.3 Å². The minimum absolute atomic E-state index is 0.374. The van der Waals surface area contributed by atoms with Gasteiger partial charge in [-0.1, -0.05) is 6.92 Å². The van der Waals surface area contributed by atoms with Crippen LogP contribution in [0.2, 0.25) is 0 Å². The van der Waals surface area contributed by atoms with Crippen molar-refractivity contribution >= 4 is 21.4 Å². The Bertz CT molecular complexity index is 412. The largest absolute Gasteiger partial charge is 0.326 e. The SMILES string of the molecule is CCCN(C)S(=O)(=O)c1ccc(CN)s1. The molecule has 0 aliphatic rings. The molecule has 0 saturated heterocycles. The number of hydrogen-bond donors (Lipinski definition) is 1. The average Bonchev–Trinajstić information content (AvgIpc) is 2.66. The van der Waals surface area contributed by atoms with Gasteiger partial charge in [-0.05, 0) is 18.6 Å². The number of sulfonamides is 1. The number of nitrogens with zero attached hydrogens (tertiary/aromatic N) is 1. The Balaban J connectivity index is 2.95. The highest BCUT2D eigenvalue weighted by Gasteiger charge is 2.21. The first-order valence-corrected chi connectivity index (χ1v) is 7.03. The molecule has 0 spiro atoms. The summed E-state index contributed by atoms with van der Waals surface area (Å²) in [6, 6.07) is 3.38. The number of rotatable bonds is 5. The maximum absolute atomic E-state index is 11.9. The molecular weight excluding hydrogens is 232 g/mol. The van der Waals surface area contributed by atoms with Crippen LogP contribution in [0.1, 0.15) is 18.2 Å². The van der Waals surface area contributed by atoms with Gasteiger partial charge < -0.3 is 5.73 Å². The normalized spacial score (nSPS) is 12.3. The van der Waals surface area contributed by atoms with Crippen molar-refractivity contribution in [3.05, 3.63) is 17.0 Å². The summed E-state index contributed by atoms with van der Waals surface area (Å²) >= 11 is 1.24. The second kappa shape index (κ2) is 5.07. The molecule has 15 heavy (non-hydrogen) atoms. The van der Waals surface area contributed by atoms with Crippen molar-refractivity contribution < 1.29 is 8.42 Å². The molecule has 0 aliphatic heterocycles. The van der Waals surface area contributed by atoms with Crippen LogP contribution in [0.3, 0.4) is 0 Å². The van der Waals surface area contributed by atoms with E-state index >= 15 is 0 Å². The summed E-state index contributed by atoms with van der Waals surface area (Å²) in [5, 5.41) is 0. The van der Waals surface area contributed by atoms with Crippen LogP contribution in [0.25, 0.3) is 0 Å². The van der Waals surface area contributed by atoms with Gasteiger partial charge in [-0.15, -0.1) is 11.3 Å².